The van der Waals surface area contributed by atoms with Crippen LogP contribution in [0.25, 0.3) is 0 Å². The largest absolute Gasteiger partial charge is 0.349 e. The maximum Gasteiger partial charge on any atom is 0.259 e. The first-order valence-electron chi connectivity index (χ1n) is 10.0. The number of amides is 2. The van der Waals surface area contributed by atoms with E-state index in [1.165, 1.54) is 11.0 Å². The fourth-order valence-electron chi connectivity index (χ4n) is 3.65. The van der Waals surface area contributed by atoms with Gasteiger partial charge in [0.05, 0.1) is 38.4 Å². The average Bonchev–Trinajstić information content (AvgIpc) is 3.61. The maximum absolute atomic E-state index is 14.4. The fraction of sp³-hybridized carbons (Fsp3) is 0.167. The quantitative estimate of drug-likeness (QED) is 0.674. The standard InChI is InChI=1S/C24H19FN2O3S/c25-19-7-3-1-5-16(19)14-27-20-13-15(23(28)26-17-10-11-17)9-12-22(20)31(30)21-8-4-2-6-18(21)24(27)29/h1-9,12-13,17H,10-11,14H2,(H,26,28). The lowest BCUT2D eigenvalue weighted by atomic mass is 10.1. The van der Waals surface area contributed by atoms with Crippen LogP contribution < -0.4 is 10.2 Å². The Hall–Kier alpha value is -3.32. The molecule has 31 heavy (non-hydrogen) atoms. The van der Waals surface area contributed by atoms with Gasteiger partial charge in [0.2, 0.25) is 0 Å². The number of anilines is 1. The van der Waals surface area contributed by atoms with Gasteiger partial charge in [0.1, 0.15) is 5.82 Å². The van der Waals surface area contributed by atoms with Crippen molar-refractivity contribution in [1.29, 1.82) is 0 Å². The van der Waals surface area contributed by atoms with Gasteiger partial charge < -0.3 is 10.2 Å². The molecule has 1 heterocycles. The molecule has 5 nitrogen and oxygen atoms in total. The molecular formula is C24H19FN2O3S. The third-order valence-corrected chi connectivity index (χ3v) is 6.97. The number of nitrogens with zero attached hydrogens (tertiary/aromatic N) is 1. The minimum absolute atomic E-state index is 0.0439. The molecule has 1 unspecified atom stereocenters. The van der Waals surface area contributed by atoms with E-state index in [0.29, 0.717) is 32.2 Å². The molecule has 2 amide bonds. The van der Waals surface area contributed by atoms with E-state index >= 15 is 0 Å². The molecule has 1 atom stereocenters. The van der Waals surface area contributed by atoms with Gasteiger partial charge in [-0.05, 0) is 49.2 Å². The van der Waals surface area contributed by atoms with Crippen molar-refractivity contribution in [2.24, 2.45) is 0 Å². The van der Waals surface area contributed by atoms with Crippen molar-refractivity contribution in [3.63, 3.8) is 0 Å². The zero-order chi connectivity index (χ0) is 21.5. The lowest BCUT2D eigenvalue weighted by Gasteiger charge is -2.24. The Morgan fingerprint density at radius 3 is 2.55 bits per heavy atom. The molecule has 1 N–H and O–H groups in total. The van der Waals surface area contributed by atoms with Gasteiger partial charge in [-0.25, -0.2) is 8.60 Å². The van der Waals surface area contributed by atoms with Crippen molar-refractivity contribution in [2.45, 2.75) is 35.2 Å². The van der Waals surface area contributed by atoms with Crippen LogP contribution in [0.15, 0.2) is 76.5 Å². The third kappa shape index (κ3) is 3.65. The molecule has 1 fully saturated rings. The molecule has 2 aliphatic rings. The summed E-state index contributed by atoms with van der Waals surface area (Å²) in [7, 11) is -1.62. The molecule has 1 aliphatic carbocycles. The summed E-state index contributed by atoms with van der Waals surface area (Å²) in [5.74, 6) is -1.06. The summed E-state index contributed by atoms with van der Waals surface area (Å²) in [4.78, 5) is 28.3. The number of hydrogen-bond donors (Lipinski definition) is 1. The molecule has 3 aromatic carbocycles. The van der Waals surface area contributed by atoms with Gasteiger partial charge in [-0.1, -0.05) is 30.3 Å². The van der Waals surface area contributed by atoms with Crippen LogP contribution >= 0.6 is 0 Å². The van der Waals surface area contributed by atoms with Crippen LogP contribution in [0.4, 0.5) is 10.1 Å². The van der Waals surface area contributed by atoms with Crippen molar-refractivity contribution < 1.29 is 18.2 Å². The third-order valence-electron chi connectivity index (χ3n) is 5.47. The number of halogens is 1. The van der Waals surface area contributed by atoms with E-state index in [1.807, 2.05) is 0 Å². The SMILES string of the molecule is O=C(NC1CC1)c1ccc2c(c1)N(Cc1ccccc1F)C(=O)c1ccccc1S2=O. The van der Waals surface area contributed by atoms with Crippen LogP contribution in [0.2, 0.25) is 0 Å². The van der Waals surface area contributed by atoms with Crippen LogP contribution in [-0.4, -0.2) is 22.1 Å². The number of carbonyl (C=O) groups is 2. The molecule has 3 aromatic rings. The minimum Gasteiger partial charge on any atom is -0.349 e. The van der Waals surface area contributed by atoms with E-state index < -0.39 is 16.6 Å². The lowest BCUT2D eigenvalue weighted by Crippen LogP contribution is -2.31. The molecule has 0 spiro atoms. The van der Waals surface area contributed by atoms with Crippen molar-refractivity contribution in [2.75, 3.05) is 4.90 Å². The van der Waals surface area contributed by atoms with Crippen LogP contribution in [0.5, 0.6) is 0 Å². The van der Waals surface area contributed by atoms with Crippen LogP contribution in [0.1, 0.15) is 39.1 Å². The molecule has 156 valence electrons. The first-order valence-corrected chi connectivity index (χ1v) is 11.2. The number of hydrogen-bond acceptors (Lipinski definition) is 3. The topological polar surface area (TPSA) is 66.5 Å². The van der Waals surface area contributed by atoms with E-state index in [4.69, 9.17) is 0 Å². The highest BCUT2D eigenvalue weighted by Gasteiger charge is 2.32. The Kier molecular flexibility index (Phi) is 4.90. The molecule has 5 rings (SSSR count). The van der Waals surface area contributed by atoms with Crippen molar-refractivity contribution in [3.8, 4) is 0 Å². The number of carbonyl (C=O) groups excluding carboxylic acids is 2. The summed E-state index contributed by atoms with van der Waals surface area (Å²) in [6.45, 7) is -0.0439. The summed E-state index contributed by atoms with van der Waals surface area (Å²) in [6, 6.07) is 18.0. The number of nitrogens with one attached hydrogen (secondary N) is 1. The summed E-state index contributed by atoms with van der Waals surface area (Å²) in [5.41, 5.74) is 1.36. The predicted molar refractivity (Wildman–Crippen MR) is 115 cm³/mol. The molecule has 7 heteroatoms. The smallest absolute Gasteiger partial charge is 0.259 e. The highest BCUT2D eigenvalue weighted by molar-refractivity contribution is 7.85. The molecule has 1 saturated carbocycles. The van der Waals surface area contributed by atoms with Crippen LogP contribution in [0.3, 0.4) is 0 Å². The van der Waals surface area contributed by atoms with E-state index in [-0.39, 0.29) is 24.4 Å². The van der Waals surface area contributed by atoms with E-state index in [0.717, 1.165) is 12.8 Å². The first-order chi connectivity index (χ1) is 15.0. The lowest BCUT2D eigenvalue weighted by molar-refractivity contribution is 0.0947. The Morgan fingerprint density at radius 2 is 1.77 bits per heavy atom. The highest BCUT2D eigenvalue weighted by Crippen LogP contribution is 2.36. The molecule has 0 bridgehead atoms. The predicted octanol–water partition coefficient (Wildman–Crippen LogP) is 4.05. The summed E-state index contributed by atoms with van der Waals surface area (Å²) >= 11 is 0. The zero-order valence-electron chi connectivity index (χ0n) is 16.5. The number of fused-ring (bicyclic) bond motifs is 2. The van der Waals surface area contributed by atoms with Crippen molar-refractivity contribution in [3.05, 3.63) is 89.2 Å². The monoisotopic (exact) mass is 434 g/mol. The zero-order valence-corrected chi connectivity index (χ0v) is 17.3. The van der Waals surface area contributed by atoms with E-state index in [2.05, 4.69) is 5.32 Å². The van der Waals surface area contributed by atoms with E-state index in [1.54, 1.807) is 60.7 Å². The average molecular weight is 434 g/mol. The molecule has 1 aliphatic heterocycles. The highest BCUT2D eigenvalue weighted by atomic mass is 32.2. The van der Waals surface area contributed by atoms with Gasteiger partial charge in [-0.2, -0.15) is 0 Å². The second-order valence-electron chi connectivity index (χ2n) is 7.68. The summed E-state index contributed by atoms with van der Waals surface area (Å²) in [6.07, 6.45) is 1.90. The van der Waals surface area contributed by atoms with Gasteiger partial charge in [0.15, 0.2) is 0 Å². The van der Waals surface area contributed by atoms with Gasteiger partial charge in [-0.15, -0.1) is 0 Å². The van der Waals surface area contributed by atoms with Crippen molar-refractivity contribution in [1.82, 2.24) is 5.32 Å². The summed E-state index contributed by atoms with van der Waals surface area (Å²) < 4.78 is 27.8. The Balaban J connectivity index is 1.65. The summed E-state index contributed by atoms with van der Waals surface area (Å²) in [5, 5.41) is 2.93. The Bertz CT molecular complexity index is 1240. The van der Waals surface area contributed by atoms with Gasteiger partial charge in [-0.3, -0.25) is 9.59 Å². The minimum atomic E-state index is -1.62. The molecular weight excluding hydrogens is 415 g/mol. The van der Waals surface area contributed by atoms with E-state index in [9.17, 15) is 18.2 Å². The van der Waals surface area contributed by atoms with Crippen LogP contribution in [0, 0.1) is 5.82 Å². The number of rotatable bonds is 4. The maximum atomic E-state index is 14.4. The van der Waals surface area contributed by atoms with Gasteiger partial charge >= 0.3 is 0 Å². The fourth-order valence-corrected chi connectivity index (χ4v) is 5.00. The normalized spacial score (nSPS) is 17.5. The molecule has 0 saturated heterocycles. The van der Waals surface area contributed by atoms with Crippen LogP contribution in [-0.2, 0) is 17.3 Å². The second-order valence-corrected chi connectivity index (χ2v) is 9.09. The Morgan fingerprint density at radius 1 is 1.03 bits per heavy atom. The molecule has 0 radical (unpaired) electrons. The first kappa shape index (κ1) is 19.6. The molecule has 0 aromatic heterocycles. The van der Waals surface area contributed by atoms with Gasteiger partial charge in [0, 0.05) is 17.2 Å². The van der Waals surface area contributed by atoms with Crippen molar-refractivity contribution >= 4 is 28.3 Å². The van der Waals surface area contributed by atoms with Gasteiger partial charge in [0.25, 0.3) is 11.8 Å². The Labute approximate surface area is 181 Å². The number of benzene rings is 3. The second kappa shape index (κ2) is 7.74.